The standard InChI is InChI=1S/C19H28N2O4/c1-4-25-19(23)16-6-5-11-21(13-16)14(2)18(22)20-12-15-7-9-17(24-3)10-8-15/h7-10,14,16H,4-6,11-13H2,1-3H3,(H,20,22)/t14-,16+/m1/s1. The number of carbonyl (C=O) groups is 2. The molecule has 2 atom stereocenters. The van der Waals surface area contributed by atoms with Gasteiger partial charge in [0.2, 0.25) is 5.91 Å². The number of amides is 1. The Morgan fingerprint density at radius 1 is 1.32 bits per heavy atom. The van der Waals surface area contributed by atoms with Crippen molar-refractivity contribution in [2.24, 2.45) is 5.92 Å². The lowest BCUT2D eigenvalue weighted by Gasteiger charge is -2.35. The molecule has 25 heavy (non-hydrogen) atoms. The summed E-state index contributed by atoms with van der Waals surface area (Å²) in [5, 5.41) is 2.97. The van der Waals surface area contributed by atoms with Crippen molar-refractivity contribution >= 4 is 11.9 Å². The van der Waals surface area contributed by atoms with Crippen molar-refractivity contribution < 1.29 is 19.1 Å². The zero-order valence-electron chi connectivity index (χ0n) is 15.3. The second-order valence-corrected chi connectivity index (χ2v) is 6.33. The van der Waals surface area contributed by atoms with Crippen LogP contribution in [0.2, 0.25) is 0 Å². The second-order valence-electron chi connectivity index (χ2n) is 6.33. The van der Waals surface area contributed by atoms with Gasteiger partial charge in [-0.25, -0.2) is 0 Å². The second kappa shape index (κ2) is 9.42. The van der Waals surface area contributed by atoms with Gasteiger partial charge in [-0.05, 0) is 50.9 Å². The number of piperidine rings is 1. The van der Waals surface area contributed by atoms with Crippen molar-refractivity contribution in [2.45, 2.75) is 39.3 Å². The highest BCUT2D eigenvalue weighted by Gasteiger charge is 2.31. The van der Waals surface area contributed by atoms with Gasteiger partial charge in [0.25, 0.3) is 0 Å². The fourth-order valence-corrected chi connectivity index (χ4v) is 3.06. The van der Waals surface area contributed by atoms with Crippen molar-refractivity contribution in [3.8, 4) is 5.75 Å². The van der Waals surface area contributed by atoms with Crippen LogP contribution < -0.4 is 10.1 Å². The quantitative estimate of drug-likeness (QED) is 0.763. The van der Waals surface area contributed by atoms with Gasteiger partial charge in [0.1, 0.15) is 5.75 Å². The minimum absolute atomic E-state index is 0.0275. The fraction of sp³-hybridized carbons (Fsp3) is 0.579. The van der Waals surface area contributed by atoms with Gasteiger partial charge in [-0.15, -0.1) is 0 Å². The molecular weight excluding hydrogens is 320 g/mol. The maximum absolute atomic E-state index is 12.4. The van der Waals surface area contributed by atoms with E-state index in [1.807, 2.05) is 38.1 Å². The summed E-state index contributed by atoms with van der Waals surface area (Å²) in [5.74, 6) is 0.477. The predicted molar refractivity (Wildman–Crippen MR) is 95.2 cm³/mol. The minimum atomic E-state index is -0.268. The number of ether oxygens (including phenoxy) is 2. The van der Waals surface area contributed by atoms with Gasteiger partial charge in [-0.3, -0.25) is 14.5 Å². The van der Waals surface area contributed by atoms with E-state index in [0.717, 1.165) is 30.7 Å². The molecule has 1 fully saturated rings. The molecule has 1 aliphatic heterocycles. The molecule has 1 N–H and O–H groups in total. The zero-order chi connectivity index (χ0) is 18.2. The number of methoxy groups -OCH3 is 1. The van der Waals surface area contributed by atoms with E-state index in [4.69, 9.17) is 9.47 Å². The SMILES string of the molecule is CCOC(=O)[C@H]1CCCN([C@H](C)C(=O)NCc2ccc(OC)cc2)C1. The van der Waals surface area contributed by atoms with Crippen LogP contribution in [0.1, 0.15) is 32.3 Å². The number of esters is 1. The topological polar surface area (TPSA) is 67.9 Å². The number of hydrogen-bond donors (Lipinski definition) is 1. The van der Waals surface area contributed by atoms with Crippen LogP contribution in [0.25, 0.3) is 0 Å². The van der Waals surface area contributed by atoms with Crippen molar-refractivity contribution in [2.75, 3.05) is 26.8 Å². The highest BCUT2D eigenvalue weighted by molar-refractivity contribution is 5.81. The third-order valence-electron chi connectivity index (χ3n) is 4.63. The highest BCUT2D eigenvalue weighted by Crippen LogP contribution is 2.20. The Kier molecular flexibility index (Phi) is 7.25. The Bertz CT molecular complexity index is 573. The lowest BCUT2D eigenvalue weighted by molar-refractivity contribution is -0.151. The number of carbonyl (C=O) groups excluding carboxylic acids is 2. The Balaban J connectivity index is 1.84. The Labute approximate surface area is 149 Å². The van der Waals surface area contributed by atoms with E-state index in [1.165, 1.54) is 0 Å². The van der Waals surface area contributed by atoms with Gasteiger partial charge in [0.05, 0.1) is 25.7 Å². The Hall–Kier alpha value is -2.08. The minimum Gasteiger partial charge on any atom is -0.497 e. The first-order valence-corrected chi connectivity index (χ1v) is 8.86. The molecule has 1 aromatic carbocycles. The van der Waals surface area contributed by atoms with Gasteiger partial charge >= 0.3 is 5.97 Å². The lowest BCUT2D eigenvalue weighted by Crippen LogP contribution is -2.50. The molecule has 2 rings (SSSR count). The van der Waals surface area contributed by atoms with E-state index in [2.05, 4.69) is 10.2 Å². The molecule has 0 bridgehead atoms. The van der Waals surface area contributed by atoms with Crippen LogP contribution in [0.4, 0.5) is 0 Å². The van der Waals surface area contributed by atoms with Crippen LogP contribution in [-0.4, -0.2) is 49.6 Å². The molecule has 1 aliphatic rings. The molecular formula is C19H28N2O4. The summed E-state index contributed by atoms with van der Waals surface area (Å²) < 4.78 is 10.2. The summed E-state index contributed by atoms with van der Waals surface area (Å²) in [6.45, 7) is 5.98. The molecule has 6 heteroatoms. The predicted octanol–water partition coefficient (Wildman–Crippen LogP) is 1.97. The summed E-state index contributed by atoms with van der Waals surface area (Å²) in [7, 11) is 1.63. The van der Waals surface area contributed by atoms with Crippen LogP contribution in [0.3, 0.4) is 0 Å². The highest BCUT2D eigenvalue weighted by atomic mass is 16.5. The summed E-state index contributed by atoms with van der Waals surface area (Å²) in [4.78, 5) is 26.5. The number of nitrogens with one attached hydrogen (secondary N) is 1. The summed E-state index contributed by atoms with van der Waals surface area (Å²) in [5.41, 5.74) is 1.02. The molecule has 0 saturated carbocycles. The first-order chi connectivity index (χ1) is 12.0. The van der Waals surface area contributed by atoms with Crippen LogP contribution in [-0.2, 0) is 20.9 Å². The number of benzene rings is 1. The zero-order valence-corrected chi connectivity index (χ0v) is 15.3. The average molecular weight is 348 g/mol. The van der Waals surface area contributed by atoms with Crippen molar-refractivity contribution in [3.63, 3.8) is 0 Å². The van der Waals surface area contributed by atoms with E-state index in [9.17, 15) is 9.59 Å². The van der Waals surface area contributed by atoms with Crippen LogP contribution in [0, 0.1) is 5.92 Å². The largest absolute Gasteiger partial charge is 0.497 e. The number of hydrogen-bond acceptors (Lipinski definition) is 5. The first-order valence-electron chi connectivity index (χ1n) is 8.86. The molecule has 6 nitrogen and oxygen atoms in total. The molecule has 1 aromatic rings. The van der Waals surface area contributed by atoms with Crippen molar-refractivity contribution in [1.82, 2.24) is 10.2 Å². The lowest BCUT2D eigenvalue weighted by atomic mass is 9.97. The summed E-state index contributed by atoms with van der Waals surface area (Å²) in [6, 6.07) is 7.34. The first kappa shape index (κ1) is 19.2. The van der Waals surface area contributed by atoms with E-state index in [-0.39, 0.29) is 23.8 Å². The molecule has 0 radical (unpaired) electrons. The third-order valence-corrected chi connectivity index (χ3v) is 4.63. The fourth-order valence-electron chi connectivity index (χ4n) is 3.06. The molecule has 1 amide bonds. The molecule has 0 aliphatic carbocycles. The summed E-state index contributed by atoms with van der Waals surface area (Å²) >= 11 is 0. The Morgan fingerprint density at radius 2 is 2.04 bits per heavy atom. The third kappa shape index (κ3) is 5.46. The number of rotatable bonds is 7. The van der Waals surface area contributed by atoms with Crippen molar-refractivity contribution in [3.05, 3.63) is 29.8 Å². The number of likely N-dealkylation sites (tertiary alicyclic amines) is 1. The van der Waals surface area contributed by atoms with Gasteiger partial charge in [-0.2, -0.15) is 0 Å². The summed E-state index contributed by atoms with van der Waals surface area (Å²) in [6.07, 6.45) is 1.73. The normalized spacial score (nSPS) is 19.1. The van der Waals surface area contributed by atoms with Crippen LogP contribution >= 0.6 is 0 Å². The van der Waals surface area contributed by atoms with E-state index < -0.39 is 0 Å². The van der Waals surface area contributed by atoms with Crippen LogP contribution in [0.15, 0.2) is 24.3 Å². The molecule has 0 spiro atoms. The maximum Gasteiger partial charge on any atom is 0.310 e. The van der Waals surface area contributed by atoms with E-state index >= 15 is 0 Å². The molecule has 0 aromatic heterocycles. The van der Waals surface area contributed by atoms with E-state index in [0.29, 0.717) is 19.7 Å². The van der Waals surface area contributed by atoms with Gasteiger partial charge in [0.15, 0.2) is 0 Å². The van der Waals surface area contributed by atoms with Crippen molar-refractivity contribution in [1.29, 1.82) is 0 Å². The monoisotopic (exact) mass is 348 g/mol. The van der Waals surface area contributed by atoms with Gasteiger partial charge < -0.3 is 14.8 Å². The smallest absolute Gasteiger partial charge is 0.310 e. The molecule has 138 valence electrons. The van der Waals surface area contributed by atoms with Gasteiger partial charge in [-0.1, -0.05) is 12.1 Å². The molecule has 1 saturated heterocycles. The number of nitrogens with zero attached hydrogens (tertiary/aromatic N) is 1. The average Bonchev–Trinajstić information content (AvgIpc) is 2.66. The van der Waals surface area contributed by atoms with E-state index in [1.54, 1.807) is 7.11 Å². The van der Waals surface area contributed by atoms with Crippen LogP contribution in [0.5, 0.6) is 5.75 Å². The van der Waals surface area contributed by atoms with Gasteiger partial charge in [0, 0.05) is 13.1 Å². The maximum atomic E-state index is 12.4. The Morgan fingerprint density at radius 3 is 2.68 bits per heavy atom. The molecule has 0 unspecified atom stereocenters. The molecule has 1 heterocycles.